The number of amides is 2. The number of hydrogen-bond acceptors (Lipinski definition) is 4. The normalized spacial score (nSPS) is 13.5. The van der Waals surface area contributed by atoms with Crippen LogP contribution in [-0.2, 0) is 14.8 Å². The Morgan fingerprint density at radius 1 is 1.12 bits per heavy atom. The quantitative estimate of drug-likeness (QED) is 0.725. The van der Waals surface area contributed by atoms with Crippen LogP contribution in [0.5, 0.6) is 0 Å². The number of rotatable bonds is 6. The third-order valence-electron chi connectivity index (χ3n) is 3.32. The SMILES string of the molecule is C/C(=C\S(=O)(=O)NC(=O)NC(C)C(=O)O)c1ccc(C(C)C)cc1. The third-order valence-corrected chi connectivity index (χ3v) is 4.45. The van der Waals surface area contributed by atoms with E-state index in [0.29, 0.717) is 17.1 Å². The first kappa shape index (κ1) is 19.7. The number of benzene rings is 1. The van der Waals surface area contributed by atoms with Crippen molar-refractivity contribution in [3.05, 3.63) is 40.8 Å². The second-order valence-electron chi connectivity index (χ2n) is 5.76. The average molecular weight is 354 g/mol. The van der Waals surface area contributed by atoms with E-state index in [1.807, 2.05) is 29.6 Å². The second-order valence-corrected chi connectivity index (χ2v) is 7.29. The van der Waals surface area contributed by atoms with Crippen LogP contribution in [0, 0.1) is 0 Å². The van der Waals surface area contributed by atoms with Gasteiger partial charge in [-0.05, 0) is 36.5 Å². The van der Waals surface area contributed by atoms with Gasteiger partial charge in [-0.15, -0.1) is 0 Å². The van der Waals surface area contributed by atoms with Gasteiger partial charge in [-0.25, -0.2) is 17.9 Å². The van der Waals surface area contributed by atoms with Gasteiger partial charge in [0.25, 0.3) is 10.0 Å². The first-order valence-corrected chi connectivity index (χ1v) is 8.91. The average Bonchev–Trinajstić information content (AvgIpc) is 2.45. The molecule has 0 radical (unpaired) electrons. The Morgan fingerprint density at radius 3 is 2.12 bits per heavy atom. The van der Waals surface area contributed by atoms with E-state index in [-0.39, 0.29) is 0 Å². The number of nitrogens with one attached hydrogen (secondary N) is 2. The van der Waals surface area contributed by atoms with Crippen LogP contribution >= 0.6 is 0 Å². The molecule has 0 aromatic heterocycles. The van der Waals surface area contributed by atoms with Crippen molar-refractivity contribution in [2.45, 2.75) is 39.7 Å². The van der Waals surface area contributed by atoms with Crippen LogP contribution in [0.25, 0.3) is 5.57 Å². The topological polar surface area (TPSA) is 113 Å². The second kappa shape index (κ2) is 7.96. The van der Waals surface area contributed by atoms with E-state index in [1.54, 1.807) is 11.6 Å². The summed E-state index contributed by atoms with van der Waals surface area (Å²) in [5.74, 6) is -0.895. The maximum atomic E-state index is 12.0. The molecule has 1 aromatic rings. The Kier molecular flexibility index (Phi) is 6.53. The summed E-state index contributed by atoms with van der Waals surface area (Å²) in [5.41, 5.74) is 2.30. The van der Waals surface area contributed by atoms with E-state index in [4.69, 9.17) is 5.11 Å². The third kappa shape index (κ3) is 6.04. The van der Waals surface area contributed by atoms with Gasteiger partial charge >= 0.3 is 12.0 Å². The molecule has 7 nitrogen and oxygen atoms in total. The Hall–Kier alpha value is -2.35. The molecular formula is C16H22N2O5S. The fourth-order valence-corrected chi connectivity index (χ4v) is 2.86. The van der Waals surface area contributed by atoms with Crippen LogP contribution in [0.4, 0.5) is 4.79 Å². The van der Waals surface area contributed by atoms with Crippen LogP contribution < -0.4 is 10.0 Å². The van der Waals surface area contributed by atoms with Gasteiger partial charge in [-0.3, -0.25) is 4.79 Å². The summed E-state index contributed by atoms with van der Waals surface area (Å²) >= 11 is 0. The predicted octanol–water partition coefficient (Wildman–Crippen LogP) is 2.27. The van der Waals surface area contributed by atoms with Crippen molar-refractivity contribution < 1.29 is 23.1 Å². The molecule has 132 valence electrons. The maximum absolute atomic E-state index is 12.0. The molecule has 0 fully saturated rings. The minimum Gasteiger partial charge on any atom is -0.480 e. The van der Waals surface area contributed by atoms with E-state index in [9.17, 15) is 18.0 Å². The monoisotopic (exact) mass is 354 g/mol. The summed E-state index contributed by atoms with van der Waals surface area (Å²) in [7, 11) is -4.04. The number of carboxylic acids is 1. The summed E-state index contributed by atoms with van der Waals surface area (Å²) in [6.45, 7) is 6.96. The van der Waals surface area contributed by atoms with Crippen LogP contribution in [0.3, 0.4) is 0 Å². The number of allylic oxidation sites excluding steroid dienone is 1. The molecule has 24 heavy (non-hydrogen) atoms. The zero-order valence-electron chi connectivity index (χ0n) is 14.0. The lowest BCUT2D eigenvalue weighted by atomic mass is 10.00. The van der Waals surface area contributed by atoms with Crippen molar-refractivity contribution in [1.29, 1.82) is 0 Å². The minimum absolute atomic E-state index is 0.369. The summed E-state index contributed by atoms with van der Waals surface area (Å²) in [5, 5.41) is 11.6. The van der Waals surface area contributed by atoms with E-state index in [1.165, 1.54) is 6.92 Å². The minimum atomic E-state index is -4.04. The molecule has 0 aliphatic rings. The molecule has 0 heterocycles. The molecule has 0 saturated carbocycles. The van der Waals surface area contributed by atoms with Gasteiger partial charge in [0.15, 0.2) is 0 Å². The highest BCUT2D eigenvalue weighted by atomic mass is 32.2. The zero-order chi connectivity index (χ0) is 18.5. The van der Waals surface area contributed by atoms with Gasteiger partial charge in [0.2, 0.25) is 0 Å². The van der Waals surface area contributed by atoms with E-state index >= 15 is 0 Å². The first-order valence-electron chi connectivity index (χ1n) is 7.36. The summed E-state index contributed by atoms with van der Waals surface area (Å²) < 4.78 is 25.7. The van der Waals surface area contributed by atoms with Crippen LogP contribution in [-0.4, -0.2) is 31.6 Å². The Balaban J connectivity index is 2.85. The number of carboxylic acid groups (broad SMARTS) is 1. The Bertz CT molecular complexity index is 736. The number of carbonyl (C=O) groups is 2. The number of hydrogen-bond donors (Lipinski definition) is 3. The number of sulfonamides is 1. The highest BCUT2D eigenvalue weighted by molar-refractivity contribution is 7.93. The smallest absolute Gasteiger partial charge is 0.329 e. The largest absolute Gasteiger partial charge is 0.480 e. The van der Waals surface area contributed by atoms with Crippen molar-refractivity contribution in [1.82, 2.24) is 10.0 Å². The maximum Gasteiger partial charge on any atom is 0.329 e. The molecule has 0 saturated heterocycles. The molecule has 1 atom stereocenters. The number of aliphatic carboxylic acids is 1. The Morgan fingerprint density at radius 2 is 1.67 bits per heavy atom. The van der Waals surface area contributed by atoms with Crippen molar-refractivity contribution >= 4 is 27.6 Å². The van der Waals surface area contributed by atoms with E-state index in [0.717, 1.165) is 11.0 Å². The van der Waals surface area contributed by atoms with Gasteiger partial charge in [0.05, 0.1) is 5.41 Å². The molecule has 0 bridgehead atoms. The molecule has 2 amide bonds. The lowest BCUT2D eigenvalue weighted by molar-refractivity contribution is -0.138. The highest BCUT2D eigenvalue weighted by Gasteiger charge is 2.18. The molecule has 8 heteroatoms. The molecule has 1 unspecified atom stereocenters. The van der Waals surface area contributed by atoms with Gasteiger partial charge < -0.3 is 10.4 Å². The highest BCUT2D eigenvalue weighted by Crippen LogP contribution is 2.19. The molecule has 0 aliphatic heterocycles. The summed E-state index contributed by atoms with van der Waals surface area (Å²) in [4.78, 5) is 22.2. The van der Waals surface area contributed by atoms with Gasteiger partial charge in [-0.2, -0.15) is 0 Å². The van der Waals surface area contributed by atoms with E-state index in [2.05, 4.69) is 13.8 Å². The van der Waals surface area contributed by atoms with E-state index < -0.39 is 28.1 Å². The lowest BCUT2D eigenvalue weighted by Crippen LogP contribution is -2.45. The summed E-state index contributed by atoms with van der Waals surface area (Å²) in [6.07, 6.45) is 0. The molecule has 1 aromatic carbocycles. The number of carbonyl (C=O) groups excluding carboxylic acids is 1. The lowest BCUT2D eigenvalue weighted by Gasteiger charge is -2.10. The van der Waals surface area contributed by atoms with Crippen LogP contribution in [0.1, 0.15) is 44.7 Å². The van der Waals surface area contributed by atoms with Crippen LogP contribution in [0.2, 0.25) is 0 Å². The molecule has 1 rings (SSSR count). The van der Waals surface area contributed by atoms with Gasteiger partial charge in [0.1, 0.15) is 6.04 Å². The molecular weight excluding hydrogens is 332 g/mol. The zero-order valence-corrected chi connectivity index (χ0v) is 14.8. The molecule has 3 N–H and O–H groups in total. The standard InChI is InChI=1S/C16H22N2O5S/c1-10(2)13-5-7-14(8-6-13)11(3)9-24(22,23)18-16(21)17-12(4)15(19)20/h5-10,12H,1-4H3,(H,19,20)(H2,17,18,21)/b11-9+. The van der Waals surface area contributed by atoms with Crippen molar-refractivity contribution in [3.63, 3.8) is 0 Å². The molecule has 0 aliphatic carbocycles. The molecule has 0 spiro atoms. The van der Waals surface area contributed by atoms with Crippen molar-refractivity contribution in [3.8, 4) is 0 Å². The van der Waals surface area contributed by atoms with Crippen molar-refractivity contribution in [2.75, 3.05) is 0 Å². The first-order chi connectivity index (χ1) is 11.0. The van der Waals surface area contributed by atoms with Crippen molar-refractivity contribution in [2.24, 2.45) is 0 Å². The van der Waals surface area contributed by atoms with Crippen LogP contribution in [0.15, 0.2) is 29.7 Å². The van der Waals surface area contributed by atoms with Gasteiger partial charge in [0, 0.05) is 0 Å². The fourth-order valence-electron chi connectivity index (χ4n) is 1.88. The Labute approximate surface area is 141 Å². The predicted molar refractivity (Wildman–Crippen MR) is 91.9 cm³/mol. The summed E-state index contributed by atoms with van der Waals surface area (Å²) in [6, 6.07) is 5.15. The van der Waals surface area contributed by atoms with Gasteiger partial charge in [-0.1, -0.05) is 38.1 Å². The fraction of sp³-hybridized carbons (Fsp3) is 0.375. The number of urea groups is 1.